The first kappa shape index (κ1) is 21.5. The zero-order valence-electron chi connectivity index (χ0n) is 17.1. The Labute approximate surface area is 175 Å². The molecule has 9 heteroatoms. The lowest BCUT2D eigenvalue weighted by molar-refractivity contribution is 0.0953. The van der Waals surface area contributed by atoms with Gasteiger partial charge >= 0.3 is 0 Å². The summed E-state index contributed by atoms with van der Waals surface area (Å²) in [5.74, 6) is 0.894. The van der Waals surface area contributed by atoms with Gasteiger partial charge in [0.15, 0.2) is 5.82 Å². The monoisotopic (exact) mass is 428 g/mol. The van der Waals surface area contributed by atoms with Gasteiger partial charge in [0.1, 0.15) is 0 Å². The Kier molecular flexibility index (Phi) is 6.51. The molecule has 0 aliphatic rings. The van der Waals surface area contributed by atoms with Gasteiger partial charge in [0.05, 0.1) is 4.90 Å². The van der Waals surface area contributed by atoms with Crippen LogP contribution in [0.2, 0.25) is 0 Å². The van der Waals surface area contributed by atoms with Crippen LogP contribution in [0.4, 0.5) is 5.69 Å². The van der Waals surface area contributed by atoms with Gasteiger partial charge in [-0.3, -0.25) is 9.52 Å². The minimum atomic E-state index is -3.71. The fraction of sp³-hybridized carbons (Fsp3) is 0.286. The molecular formula is C21H24N4O4S. The number of rotatable bonds is 8. The van der Waals surface area contributed by atoms with Gasteiger partial charge in [0.25, 0.3) is 15.9 Å². The second-order valence-electron chi connectivity index (χ2n) is 7.05. The van der Waals surface area contributed by atoms with E-state index < -0.39 is 10.0 Å². The van der Waals surface area contributed by atoms with Crippen LogP contribution >= 0.6 is 0 Å². The van der Waals surface area contributed by atoms with Gasteiger partial charge in [0, 0.05) is 24.2 Å². The van der Waals surface area contributed by atoms with Crippen LogP contribution in [0.3, 0.4) is 0 Å². The van der Waals surface area contributed by atoms with Gasteiger partial charge in [0.2, 0.25) is 5.89 Å². The van der Waals surface area contributed by atoms with E-state index in [-0.39, 0.29) is 10.8 Å². The number of benzene rings is 2. The topological polar surface area (TPSA) is 114 Å². The lowest BCUT2D eigenvalue weighted by Gasteiger charge is -2.11. The summed E-state index contributed by atoms with van der Waals surface area (Å²) < 4.78 is 32.9. The number of aryl methyl sites for hydroxylation is 4. The van der Waals surface area contributed by atoms with E-state index in [9.17, 15) is 13.2 Å². The Morgan fingerprint density at radius 1 is 1.07 bits per heavy atom. The largest absolute Gasteiger partial charge is 0.352 e. The molecule has 3 rings (SSSR count). The van der Waals surface area contributed by atoms with E-state index in [4.69, 9.17) is 4.52 Å². The molecule has 0 atom stereocenters. The van der Waals surface area contributed by atoms with Crippen LogP contribution in [-0.2, 0) is 16.4 Å². The van der Waals surface area contributed by atoms with Crippen molar-refractivity contribution in [2.24, 2.45) is 0 Å². The molecule has 3 aromatic rings. The number of hydrogen-bond donors (Lipinski definition) is 2. The van der Waals surface area contributed by atoms with Crippen LogP contribution in [-0.4, -0.2) is 31.0 Å². The molecule has 0 radical (unpaired) electrons. The Morgan fingerprint density at radius 3 is 2.47 bits per heavy atom. The average Bonchev–Trinajstić information content (AvgIpc) is 3.12. The van der Waals surface area contributed by atoms with Crippen LogP contribution in [0.15, 0.2) is 51.9 Å². The minimum Gasteiger partial charge on any atom is -0.352 e. The van der Waals surface area contributed by atoms with E-state index >= 15 is 0 Å². The predicted molar refractivity (Wildman–Crippen MR) is 113 cm³/mol. The third-order valence-electron chi connectivity index (χ3n) is 4.46. The summed E-state index contributed by atoms with van der Waals surface area (Å²) in [7, 11) is -3.71. The summed E-state index contributed by atoms with van der Waals surface area (Å²) in [6.07, 6.45) is 1.25. The molecular weight excluding hydrogens is 404 g/mol. The molecule has 0 bridgehead atoms. The number of nitrogens with zero attached hydrogens (tertiary/aromatic N) is 2. The first-order chi connectivity index (χ1) is 14.2. The van der Waals surface area contributed by atoms with E-state index in [1.54, 1.807) is 50.2 Å². The molecule has 0 spiro atoms. The van der Waals surface area contributed by atoms with Crippen molar-refractivity contribution in [3.05, 3.63) is 70.9 Å². The molecule has 0 fully saturated rings. The number of amides is 1. The number of nitrogens with one attached hydrogen (secondary N) is 2. The normalized spacial score (nSPS) is 11.3. The van der Waals surface area contributed by atoms with Crippen molar-refractivity contribution in [3.63, 3.8) is 0 Å². The molecule has 0 saturated carbocycles. The summed E-state index contributed by atoms with van der Waals surface area (Å²) in [4.78, 5) is 16.6. The predicted octanol–water partition coefficient (Wildman–Crippen LogP) is 3.16. The van der Waals surface area contributed by atoms with Gasteiger partial charge < -0.3 is 9.84 Å². The first-order valence-electron chi connectivity index (χ1n) is 9.52. The number of carbonyl (C=O) groups is 1. The maximum atomic E-state index is 12.7. The molecule has 0 saturated heterocycles. The molecule has 30 heavy (non-hydrogen) atoms. The Morgan fingerprint density at radius 2 is 1.80 bits per heavy atom. The molecule has 0 aliphatic heterocycles. The van der Waals surface area contributed by atoms with E-state index in [0.717, 1.165) is 5.56 Å². The maximum Gasteiger partial charge on any atom is 0.262 e. The van der Waals surface area contributed by atoms with Crippen molar-refractivity contribution in [1.82, 2.24) is 15.5 Å². The molecule has 1 amide bonds. The van der Waals surface area contributed by atoms with Crippen LogP contribution in [0.25, 0.3) is 0 Å². The molecule has 1 aromatic heterocycles. The molecule has 0 aliphatic carbocycles. The second kappa shape index (κ2) is 9.08. The summed E-state index contributed by atoms with van der Waals surface area (Å²) in [5.41, 5.74) is 2.36. The number of hydrogen-bond acceptors (Lipinski definition) is 6. The smallest absolute Gasteiger partial charge is 0.262 e. The molecule has 2 aromatic carbocycles. The van der Waals surface area contributed by atoms with Crippen LogP contribution in [0.1, 0.15) is 39.6 Å². The standard InChI is InChI=1S/C21H24N4O4S/c1-14-6-7-15(2)19(13-14)30(27,28)25-18-10-8-17(9-11-18)21(26)22-12-4-5-20-23-16(3)24-29-20/h6-11,13,25H,4-5,12H2,1-3H3,(H,22,26). The fourth-order valence-corrected chi connectivity index (χ4v) is 4.27. The Hall–Kier alpha value is -3.20. The number of aromatic nitrogens is 2. The van der Waals surface area contributed by atoms with Crippen molar-refractivity contribution < 1.29 is 17.7 Å². The third-order valence-corrected chi connectivity index (χ3v) is 5.98. The number of sulfonamides is 1. The lowest BCUT2D eigenvalue weighted by Crippen LogP contribution is -2.24. The van der Waals surface area contributed by atoms with Gasteiger partial charge in [-0.25, -0.2) is 8.42 Å². The van der Waals surface area contributed by atoms with Crippen molar-refractivity contribution in [1.29, 1.82) is 0 Å². The zero-order valence-corrected chi connectivity index (χ0v) is 17.9. The highest BCUT2D eigenvalue weighted by atomic mass is 32.2. The quantitative estimate of drug-likeness (QED) is 0.533. The van der Waals surface area contributed by atoms with Crippen molar-refractivity contribution >= 4 is 21.6 Å². The molecule has 0 unspecified atom stereocenters. The molecule has 8 nitrogen and oxygen atoms in total. The highest BCUT2D eigenvalue weighted by molar-refractivity contribution is 7.92. The molecule has 1 heterocycles. The summed E-state index contributed by atoms with van der Waals surface area (Å²) in [6.45, 7) is 5.80. The number of carbonyl (C=O) groups excluding carboxylic acids is 1. The van der Waals surface area contributed by atoms with Gasteiger partial charge in [-0.2, -0.15) is 4.98 Å². The van der Waals surface area contributed by atoms with Gasteiger partial charge in [-0.15, -0.1) is 0 Å². The Bertz CT molecular complexity index is 1140. The van der Waals surface area contributed by atoms with Crippen molar-refractivity contribution in [2.45, 2.75) is 38.5 Å². The summed E-state index contributed by atoms with van der Waals surface area (Å²) in [6, 6.07) is 11.6. The zero-order chi connectivity index (χ0) is 21.7. The van der Waals surface area contributed by atoms with Crippen molar-refractivity contribution in [2.75, 3.05) is 11.3 Å². The summed E-state index contributed by atoms with van der Waals surface area (Å²) in [5, 5.41) is 6.53. The van der Waals surface area contributed by atoms with Crippen molar-refractivity contribution in [3.8, 4) is 0 Å². The summed E-state index contributed by atoms with van der Waals surface area (Å²) >= 11 is 0. The Balaban J connectivity index is 1.56. The first-order valence-corrected chi connectivity index (χ1v) is 11.0. The fourth-order valence-electron chi connectivity index (χ4n) is 2.88. The van der Waals surface area contributed by atoms with Crippen LogP contribution in [0, 0.1) is 20.8 Å². The van der Waals surface area contributed by atoms with Gasteiger partial charge in [-0.05, 0) is 68.7 Å². The molecule has 2 N–H and O–H groups in total. The van der Waals surface area contributed by atoms with E-state index in [0.29, 0.717) is 47.9 Å². The highest BCUT2D eigenvalue weighted by Crippen LogP contribution is 2.21. The number of anilines is 1. The average molecular weight is 429 g/mol. The molecule has 158 valence electrons. The minimum absolute atomic E-state index is 0.236. The van der Waals surface area contributed by atoms with Crippen LogP contribution < -0.4 is 10.0 Å². The van der Waals surface area contributed by atoms with E-state index in [1.807, 2.05) is 13.0 Å². The van der Waals surface area contributed by atoms with E-state index in [1.165, 1.54) is 0 Å². The SMILES string of the molecule is Cc1ccc(C)c(S(=O)(=O)Nc2ccc(C(=O)NCCCc3nc(C)no3)cc2)c1. The van der Waals surface area contributed by atoms with Gasteiger partial charge in [-0.1, -0.05) is 17.3 Å². The maximum absolute atomic E-state index is 12.7. The lowest BCUT2D eigenvalue weighted by atomic mass is 10.2. The highest BCUT2D eigenvalue weighted by Gasteiger charge is 2.17. The second-order valence-corrected chi connectivity index (χ2v) is 8.70. The third kappa shape index (κ3) is 5.44. The van der Waals surface area contributed by atoms with Crippen LogP contribution in [0.5, 0.6) is 0 Å². The van der Waals surface area contributed by atoms with E-state index in [2.05, 4.69) is 20.2 Å².